The third-order valence-electron chi connectivity index (χ3n) is 5.25. The summed E-state index contributed by atoms with van der Waals surface area (Å²) in [6.45, 7) is 11.3. The average Bonchev–Trinajstić information content (AvgIpc) is 3.08. The number of carboxylic acids is 1. The number of ether oxygens (including phenoxy) is 2. The van der Waals surface area contributed by atoms with Crippen molar-refractivity contribution in [2.75, 3.05) is 13.2 Å². The molecule has 0 saturated heterocycles. The molecule has 1 aromatic heterocycles. The van der Waals surface area contributed by atoms with E-state index in [-0.39, 0.29) is 12.0 Å². The Balaban J connectivity index is 1.51. The van der Waals surface area contributed by atoms with Gasteiger partial charge in [-0.25, -0.2) is 9.78 Å². The summed E-state index contributed by atoms with van der Waals surface area (Å²) in [5.41, 5.74) is 4.38. The molecule has 0 bridgehead atoms. The van der Waals surface area contributed by atoms with Gasteiger partial charge in [0.25, 0.3) is 0 Å². The molecular formula is C26H31NO5. The summed E-state index contributed by atoms with van der Waals surface area (Å²) in [6, 6.07) is 13.5. The number of aromatic nitrogens is 1. The summed E-state index contributed by atoms with van der Waals surface area (Å²) in [6.07, 6.45) is 0. The lowest BCUT2D eigenvalue weighted by molar-refractivity contribution is -0.0153. The first-order chi connectivity index (χ1) is 15.2. The van der Waals surface area contributed by atoms with E-state index in [1.165, 1.54) is 5.56 Å². The van der Waals surface area contributed by atoms with E-state index in [1.54, 1.807) is 19.1 Å². The maximum atomic E-state index is 11.5. The Hall–Kier alpha value is -2.96. The first kappa shape index (κ1) is 23.7. The van der Waals surface area contributed by atoms with Gasteiger partial charge in [0.15, 0.2) is 0 Å². The smallest absolute Gasteiger partial charge is 0.336 e. The molecule has 0 radical (unpaired) electrons. The van der Waals surface area contributed by atoms with E-state index in [9.17, 15) is 9.90 Å². The number of benzene rings is 2. The first-order valence-electron chi connectivity index (χ1n) is 10.7. The Labute approximate surface area is 189 Å². The van der Waals surface area contributed by atoms with Crippen LogP contribution in [0, 0.1) is 26.2 Å². The second kappa shape index (κ2) is 10.1. The van der Waals surface area contributed by atoms with Crippen molar-refractivity contribution in [2.24, 2.45) is 5.41 Å². The van der Waals surface area contributed by atoms with Crippen molar-refractivity contribution in [3.05, 3.63) is 76.2 Å². The summed E-state index contributed by atoms with van der Waals surface area (Å²) < 4.78 is 17.6. The van der Waals surface area contributed by atoms with Gasteiger partial charge in [0.05, 0.1) is 32.0 Å². The summed E-state index contributed by atoms with van der Waals surface area (Å²) in [5.74, 6) is 0.406. The van der Waals surface area contributed by atoms with Gasteiger partial charge in [-0.15, -0.1) is 0 Å². The standard InChI is InChI=1S/C26H31NO5/c1-17-9-11-20(12-10-17)24-27-22(19(3)32-24)14-31-16-26(4,5)15-30-13-21-8-6-7-18(2)23(21)25(28)29/h6-12H,13-16H2,1-5H3,(H,28,29). The van der Waals surface area contributed by atoms with E-state index in [4.69, 9.17) is 13.9 Å². The van der Waals surface area contributed by atoms with Gasteiger partial charge in [0.2, 0.25) is 5.89 Å². The molecule has 2 aromatic carbocycles. The Bertz CT molecular complexity index is 1070. The molecule has 3 rings (SSSR count). The van der Waals surface area contributed by atoms with Crippen molar-refractivity contribution in [2.45, 2.75) is 47.8 Å². The zero-order valence-electron chi connectivity index (χ0n) is 19.4. The minimum Gasteiger partial charge on any atom is -0.478 e. The van der Waals surface area contributed by atoms with E-state index in [0.29, 0.717) is 36.8 Å². The predicted octanol–water partition coefficient (Wildman–Crippen LogP) is 5.72. The fourth-order valence-electron chi connectivity index (χ4n) is 3.44. The highest BCUT2D eigenvalue weighted by molar-refractivity contribution is 5.91. The summed E-state index contributed by atoms with van der Waals surface area (Å²) in [7, 11) is 0. The van der Waals surface area contributed by atoms with Gasteiger partial charge >= 0.3 is 5.97 Å². The van der Waals surface area contributed by atoms with Crippen molar-refractivity contribution in [1.82, 2.24) is 4.98 Å². The number of carboxylic acid groups (broad SMARTS) is 1. The Morgan fingerprint density at radius 2 is 1.66 bits per heavy atom. The molecule has 6 nitrogen and oxygen atoms in total. The summed E-state index contributed by atoms with van der Waals surface area (Å²) >= 11 is 0. The first-order valence-corrected chi connectivity index (χ1v) is 10.7. The zero-order valence-corrected chi connectivity index (χ0v) is 19.4. The molecule has 6 heteroatoms. The SMILES string of the molecule is Cc1ccc(-c2nc(COCC(C)(C)COCc3cccc(C)c3C(=O)O)c(C)o2)cc1. The van der Waals surface area contributed by atoms with Crippen LogP contribution >= 0.6 is 0 Å². The molecule has 0 aliphatic rings. The van der Waals surface area contributed by atoms with Crippen molar-refractivity contribution in [3.63, 3.8) is 0 Å². The number of aryl methyl sites for hydroxylation is 3. The Kier molecular flexibility index (Phi) is 7.48. The quantitative estimate of drug-likeness (QED) is 0.436. The molecule has 32 heavy (non-hydrogen) atoms. The van der Waals surface area contributed by atoms with Crippen LogP contribution in [0.4, 0.5) is 0 Å². The zero-order chi connectivity index (χ0) is 23.3. The molecule has 0 aliphatic carbocycles. The molecule has 1 heterocycles. The number of nitrogens with zero attached hydrogens (tertiary/aromatic N) is 1. The Morgan fingerprint density at radius 1 is 1.00 bits per heavy atom. The van der Waals surface area contributed by atoms with E-state index in [1.807, 2.05) is 44.2 Å². The molecule has 0 spiro atoms. The molecule has 0 amide bonds. The molecule has 1 N–H and O–H groups in total. The van der Waals surface area contributed by atoms with Crippen LogP contribution < -0.4 is 0 Å². The van der Waals surface area contributed by atoms with Crippen LogP contribution in [-0.4, -0.2) is 29.3 Å². The third kappa shape index (κ3) is 6.05. The second-order valence-electron chi connectivity index (χ2n) is 8.95. The number of aromatic carboxylic acids is 1. The van der Waals surface area contributed by atoms with Crippen LogP contribution in [0.2, 0.25) is 0 Å². The van der Waals surface area contributed by atoms with E-state index >= 15 is 0 Å². The topological polar surface area (TPSA) is 81.8 Å². The van der Waals surface area contributed by atoms with Crippen molar-refractivity contribution < 1.29 is 23.8 Å². The monoisotopic (exact) mass is 437 g/mol. The molecule has 0 saturated carbocycles. The van der Waals surface area contributed by atoms with E-state index in [0.717, 1.165) is 22.6 Å². The van der Waals surface area contributed by atoms with Crippen LogP contribution in [0.1, 0.15) is 52.3 Å². The summed E-state index contributed by atoms with van der Waals surface area (Å²) in [4.78, 5) is 16.1. The van der Waals surface area contributed by atoms with Crippen LogP contribution in [0.3, 0.4) is 0 Å². The number of hydrogen-bond acceptors (Lipinski definition) is 5. The third-order valence-corrected chi connectivity index (χ3v) is 5.25. The van der Waals surface area contributed by atoms with Gasteiger partial charge in [-0.05, 0) is 44.0 Å². The molecule has 0 aliphatic heterocycles. The van der Waals surface area contributed by atoms with E-state index in [2.05, 4.69) is 18.8 Å². The largest absolute Gasteiger partial charge is 0.478 e. The van der Waals surface area contributed by atoms with Crippen molar-refractivity contribution in [1.29, 1.82) is 0 Å². The number of carbonyl (C=O) groups is 1. The molecule has 3 aromatic rings. The van der Waals surface area contributed by atoms with Gasteiger partial charge in [0, 0.05) is 11.0 Å². The number of oxazole rings is 1. The Morgan fingerprint density at radius 3 is 2.31 bits per heavy atom. The highest BCUT2D eigenvalue weighted by Crippen LogP contribution is 2.24. The fraction of sp³-hybridized carbons (Fsp3) is 0.385. The molecule has 170 valence electrons. The highest BCUT2D eigenvalue weighted by atomic mass is 16.5. The molecule has 0 unspecified atom stereocenters. The maximum Gasteiger partial charge on any atom is 0.336 e. The normalized spacial score (nSPS) is 11.7. The lowest BCUT2D eigenvalue weighted by Crippen LogP contribution is -2.25. The van der Waals surface area contributed by atoms with Gasteiger partial charge < -0.3 is 19.0 Å². The van der Waals surface area contributed by atoms with Gasteiger partial charge in [0.1, 0.15) is 11.5 Å². The lowest BCUT2D eigenvalue weighted by atomic mass is 9.96. The van der Waals surface area contributed by atoms with Gasteiger partial charge in [-0.1, -0.05) is 49.7 Å². The second-order valence-corrected chi connectivity index (χ2v) is 8.95. The highest BCUT2D eigenvalue weighted by Gasteiger charge is 2.21. The minimum absolute atomic E-state index is 0.245. The number of hydrogen-bond donors (Lipinski definition) is 1. The lowest BCUT2D eigenvalue weighted by Gasteiger charge is -2.24. The van der Waals surface area contributed by atoms with Crippen LogP contribution in [0.15, 0.2) is 46.9 Å². The average molecular weight is 438 g/mol. The van der Waals surface area contributed by atoms with Crippen molar-refractivity contribution in [3.8, 4) is 11.5 Å². The summed E-state index contributed by atoms with van der Waals surface area (Å²) in [5, 5.41) is 9.45. The van der Waals surface area contributed by atoms with Gasteiger partial charge in [-0.3, -0.25) is 0 Å². The van der Waals surface area contributed by atoms with Crippen LogP contribution in [0.5, 0.6) is 0 Å². The minimum atomic E-state index is -0.933. The fourth-order valence-corrected chi connectivity index (χ4v) is 3.44. The van der Waals surface area contributed by atoms with E-state index < -0.39 is 5.97 Å². The van der Waals surface area contributed by atoms with Gasteiger partial charge in [-0.2, -0.15) is 0 Å². The molecule has 0 fully saturated rings. The molecule has 0 atom stereocenters. The predicted molar refractivity (Wildman–Crippen MR) is 123 cm³/mol. The van der Waals surface area contributed by atoms with Crippen LogP contribution in [0.25, 0.3) is 11.5 Å². The van der Waals surface area contributed by atoms with Crippen molar-refractivity contribution >= 4 is 5.97 Å². The maximum absolute atomic E-state index is 11.5. The van der Waals surface area contributed by atoms with Crippen LogP contribution in [-0.2, 0) is 22.7 Å². The molecular weight excluding hydrogens is 406 g/mol. The number of rotatable bonds is 10.